The molecule has 0 spiro atoms. The molecule has 0 aliphatic carbocycles. The number of H-pyrrole nitrogens is 2. The summed E-state index contributed by atoms with van der Waals surface area (Å²) in [6.45, 7) is -0.524. The molecule has 2 aromatic heterocycles. The third-order valence-electron chi connectivity index (χ3n) is 7.43. The number of para-hydroxylation sites is 1. The van der Waals surface area contributed by atoms with Crippen molar-refractivity contribution < 1.29 is 34.8 Å². The SMILES string of the molecule is O=C1NC(=O)c2c1c1c3ccccc3[nH]c1c1[nH]c3cc([C@H]4O[C@H](CO)[C@@H](O)[C@@H](O)[C@H]4O)ccc3c21. The summed E-state index contributed by atoms with van der Waals surface area (Å²) in [7, 11) is 0. The zero-order valence-electron chi connectivity index (χ0n) is 18.6. The van der Waals surface area contributed by atoms with Gasteiger partial charge in [0.1, 0.15) is 30.5 Å². The molecule has 0 radical (unpaired) electrons. The lowest BCUT2D eigenvalue weighted by Gasteiger charge is -2.40. The Morgan fingerprint density at radius 2 is 1.42 bits per heavy atom. The van der Waals surface area contributed by atoms with Crippen molar-refractivity contribution in [3.63, 3.8) is 0 Å². The average molecular weight is 487 g/mol. The molecule has 5 atom stereocenters. The minimum absolute atomic E-state index is 0.305. The first-order valence-electron chi connectivity index (χ1n) is 11.6. The normalized spacial score (nSPS) is 26.4. The second kappa shape index (κ2) is 7.36. The summed E-state index contributed by atoms with van der Waals surface area (Å²) in [4.78, 5) is 32.6. The smallest absolute Gasteiger partial charge is 0.259 e. The Hall–Kier alpha value is -3.80. The number of carbonyl (C=O) groups is 2. The Labute approximate surface area is 202 Å². The minimum atomic E-state index is -1.50. The maximum absolute atomic E-state index is 12.9. The van der Waals surface area contributed by atoms with E-state index in [1.54, 1.807) is 18.2 Å². The molecule has 2 aliphatic rings. The number of benzene rings is 3. The number of hydrogen-bond donors (Lipinski definition) is 7. The van der Waals surface area contributed by atoms with Crippen molar-refractivity contribution in [2.45, 2.75) is 30.5 Å². The molecule has 7 rings (SSSR count). The summed E-state index contributed by atoms with van der Waals surface area (Å²) in [6, 6.07) is 12.8. The van der Waals surface area contributed by atoms with Gasteiger partial charge in [0.15, 0.2) is 0 Å². The van der Waals surface area contributed by atoms with E-state index in [-0.39, 0.29) is 0 Å². The van der Waals surface area contributed by atoms with Gasteiger partial charge in [0.2, 0.25) is 0 Å². The fourth-order valence-corrected chi connectivity index (χ4v) is 5.74. The van der Waals surface area contributed by atoms with Gasteiger partial charge in [-0.25, -0.2) is 0 Å². The van der Waals surface area contributed by atoms with Crippen LogP contribution in [0.25, 0.3) is 43.6 Å². The number of ether oxygens (including phenoxy) is 1. The summed E-state index contributed by atoms with van der Waals surface area (Å²) >= 11 is 0. The lowest BCUT2D eigenvalue weighted by molar-refractivity contribution is -0.231. The topological polar surface area (TPSA) is 168 Å². The molecule has 2 amide bonds. The zero-order chi connectivity index (χ0) is 24.9. The summed E-state index contributed by atoms with van der Waals surface area (Å²) in [5.41, 5.74) is 3.95. The number of aliphatic hydroxyl groups is 4. The first kappa shape index (κ1) is 21.5. The highest BCUT2D eigenvalue weighted by Gasteiger charge is 2.44. The maximum Gasteiger partial charge on any atom is 0.259 e. The van der Waals surface area contributed by atoms with Crippen molar-refractivity contribution in [1.29, 1.82) is 0 Å². The molecule has 10 heteroatoms. The Balaban J connectivity index is 1.51. The van der Waals surface area contributed by atoms with Crippen LogP contribution in [0.15, 0.2) is 42.5 Å². The van der Waals surface area contributed by atoms with Gasteiger partial charge in [-0.3, -0.25) is 14.9 Å². The summed E-state index contributed by atoms with van der Waals surface area (Å²) in [6.07, 6.45) is -6.40. The summed E-state index contributed by atoms with van der Waals surface area (Å²) in [5, 5.41) is 45.7. The number of rotatable bonds is 2. The molecular formula is C26H21N3O7. The second-order valence-corrected chi connectivity index (χ2v) is 9.38. The molecule has 5 aromatic rings. The molecule has 3 aromatic carbocycles. The molecule has 1 saturated heterocycles. The zero-order valence-corrected chi connectivity index (χ0v) is 18.6. The summed E-state index contributed by atoms with van der Waals surface area (Å²) in [5.74, 6) is -0.912. The predicted octanol–water partition coefficient (Wildman–Crippen LogP) is 1.35. The average Bonchev–Trinajstić information content (AvgIpc) is 3.53. The highest BCUT2D eigenvalue weighted by Crippen LogP contribution is 2.43. The van der Waals surface area contributed by atoms with Gasteiger partial charge in [-0.2, -0.15) is 0 Å². The molecule has 0 saturated carbocycles. The van der Waals surface area contributed by atoms with Crippen molar-refractivity contribution in [2.24, 2.45) is 0 Å². The Morgan fingerprint density at radius 3 is 2.11 bits per heavy atom. The minimum Gasteiger partial charge on any atom is -0.394 e. The Bertz CT molecular complexity index is 1750. The molecule has 7 N–H and O–H groups in total. The largest absolute Gasteiger partial charge is 0.394 e. The number of aromatic nitrogens is 2. The lowest BCUT2D eigenvalue weighted by atomic mass is 9.90. The predicted molar refractivity (Wildman–Crippen MR) is 130 cm³/mol. The van der Waals surface area contributed by atoms with Gasteiger partial charge in [-0.05, 0) is 17.7 Å². The molecular weight excluding hydrogens is 466 g/mol. The third-order valence-corrected chi connectivity index (χ3v) is 7.43. The first-order chi connectivity index (χ1) is 17.4. The number of fused-ring (bicyclic) bond motifs is 10. The van der Waals surface area contributed by atoms with E-state index in [2.05, 4.69) is 15.3 Å². The van der Waals surface area contributed by atoms with Crippen molar-refractivity contribution in [1.82, 2.24) is 15.3 Å². The molecule has 10 nitrogen and oxygen atoms in total. The van der Waals surface area contributed by atoms with Gasteiger partial charge in [0.25, 0.3) is 11.8 Å². The standard InChI is InChI=1S/C26H21N3O7/c30-8-14-21(31)22(32)23(33)24(36-14)9-5-6-11-13(7-9)28-20-16(11)18-17(25(34)29-26(18)35)15-10-3-1-2-4-12(10)27-19(15)20/h1-7,14,21-24,27-28,30-33H,8H2,(H,29,34,35)/t14-,21-,22-,23-,24-/m1/s1. The van der Waals surface area contributed by atoms with Crippen LogP contribution in [0.4, 0.5) is 0 Å². The fourth-order valence-electron chi connectivity index (χ4n) is 5.74. The van der Waals surface area contributed by atoms with Gasteiger partial charge in [-0.15, -0.1) is 0 Å². The third kappa shape index (κ3) is 2.67. The van der Waals surface area contributed by atoms with Crippen molar-refractivity contribution in [2.75, 3.05) is 6.61 Å². The van der Waals surface area contributed by atoms with E-state index >= 15 is 0 Å². The second-order valence-electron chi connectivity index (χ2n) is 9.38. The van der Waals surface area contributed by atoms with Crippen molar-refractivity contribution in [3.8, 4) is 0 Å². The van der Waals surface area contributed by atoms with Gasteiger partial charge in [0, 0.05) is 32.6 Å². The first-order valence-corrected chi connectivity index (χ1v) is 11.6. The molecule has 2 aliphatic heterocycles. The van der Waals surface area contributed by atoms with E-state index in [0.29, 0.717) is 49.4 Å². The number of nitrogens with one attached hydrogen (secondary N) is 3. The van der Waals surface area contributed by atoms with Crippen LogP contribution in [-0.4, -0.2) is 73.2 Å². The quantitative estimate of drug-likeness (QED) is 0.184. The van der Waals surface area contributed by atoms with Crippen molar-refractivity contribution in [3.05, 3.63) is 59.2 Å². The van der Waals surface area contributed by atoms with Crippen LogP contribution in [0.2, 0.25) is 0 Å². The van der Waals surface area contributed by atoms with Gasteiger partial charge in [0.05, 0.1) is 28.8 Å². The highest BCUT2D eigenvalue weighted by atomic mass is 16.5. The van der Waals surface area contributed by atoms with Gasteiger partial charge < -0.3 is 35.1 Å². The van der Waals surface area contributed by atoms with Gasteiger partial charge >= 0.3 is 0 Å². The van der Waals surface area contributed by atoms with Crippen molar-refractivity contribution >= 4 is 55.4 Å². The number of aromatic amines is 2. The highest BCUT2D eigenvalue weighted by molar-refractivity contribution is 6.39. The molecule has 182 valence electrons. The number of hydrogen-bond acceptors (Lipinski definition) is 7. The Kier molecular flexibility index (Phi) is 4.39. The molecule has 1 fully saturated rings. The van der Waals surface area contributed by atoms with Crippen LogP contribution in [0.3, 0.4) is 0 Å². The van der Waals surface area contributed by atoms with E-state index in [9.17, 15) is 30.0 Å². The number of aliphatic hydroxyl groups excluding tert-OH is 4. The van der Waals surface area contributed by atoms with Crippen LogP contribution in [-0.2, 0) is 4.74 Å². The van der Waals surface area contributed by atoms with E-state index in [1.807, 2.05) is 24.3 Å². The molecule has 0 unspecified atom stereocenters. The van der Waals surface area contributed by atoms with Crippen LogP contribution in [0.5, 0.6) is 0 Å². The molecule has 0 bridgehead atoms. The van der Waals surface area contributed by atoms with Crippen LogP contribution < -0.4 is 5.32 Å². The number of amides is 2. The van der Waals surface area contributed by atoms with E-state index in [1.165, 1.54) is 0 Å². The Morgan fingerprint density at radius 1 is 0.778 bits per heavy atom. The van der Waals surface area contributed by atoms with E-state index in [4.69, 9.17) is 4.74 Å². The molecule has 4 heterocycles. The fraction of sp³-hybridized carbons (Fsp3) is 0.231. The summed E-state index contributed by atoms with van der Waals surface area (Å²) < 4.78 is 5.72. The lowest BCUT2D eigenvalue weighted by Crippen LogP contribution is -2.55. The monoisotopic (exact) mass is 487 g/mol. The van der Waals surface area contributed by atoms with E-state index < -0.39 is 48.9 Å². The van der Waals surface area contributed by atoms with E-state index in [0.717, 1.165) is 10.9 Å². The van der Waals surface area contributed by atoms with Gasteiger partial charge in [-0.1, -0.05) is 30.3 Å². The maximum atomic E-state index is 12.9. The molecule has 36 heavy (non-hydrogen) atoms. The van der Waals surface area contributed by atoms with Crippen LogP contribution in [0, 0.1) is 0 Å². The van der Waals surface area contributed by atoms with Crippen LogP contribution >= 0.6 is 0 Å². The number of carbonyl (C=O) groups excluding carboxylic acids is 2. The van der Waals surface area contributed by atoms with Crippen LogP contribution in [0.1, 0.15) is 32.4 Å². The number of imide groups is 1.